The molecule has 0 radical (unpaired) electrons. The van der Waals surface area contributed by atoms with E-state index in [2.05, 4.69) is 26.8 Å². The molecule has 1 aliphatic heterocycles. The molecule has 3 rings (SSSR count). The van der Waals surface area contributed by atoms with Crippen molar-refractivity contribution in [2.45, 2.75) is 26.9 Å². The Balaban J connectivity index is 2.06. The first-order chi connectivity index (χ1) is 10.0. The average Bonchev–Trinajstić information content (AvgIpc) is 2.46. The van der Waals surface area contributed by atoms with Gasteiger partial charge in [0.05, 0.1) is 19.3 Å². The van der Waals surface area contributed by atoms with Crippen LogP contribution in [0.5, 0.6) is 5.75 Å². The number of allylic oxidation sites excluding steroid dienone is 1. The number of aliphatic hydroxyl groups excluding tert-OH is 1. The van der Waals surface area contributed by atoms with Crippen molar-refractivity contribution in [3.8, 4) is 5.75 Å². The van der Waals surface area contributed by atoms with E-state index in [0.29, 0.717) is 18.4 Å². The highest BCUT2D eigenvalue weighted by Gasteiger charge is 2.53. The van der Waals surface area contributed by atoms with Crippen molar-refractivity contribution in [3.63, 3.8) is 0 Å². The lowest BCUT2D eigenvalue weighted by Gasteiger charge is -2.55. The number of ether oxygens (including phenoxy) is 1. The van der Waals surface area contributed by atoms with E-state index in [1.807, 2.05) is 18.2 Å². The summed E-state index contributed by atoms with van der Waals surface area (Å²) in [6.45, 7) is 7.19. The molecule has 21 heavy (non-hydrogen) atoms. The third-order valence-electron chi connectivity index (χ3n) is 5.79. The molecule has 1 fully saturated rings. The lowest BCUT2D eigenvalue weighted by molar-refractivity contribution is -0.165. The number of aromatic hydroxyl groups is 1. The first-order valence-electron chi connectivity index (χ1n) is 7.70. The highest BCUT2D eigenvalue weighted by Crippen LogP contribution is 2.56. The summed E-state index contributed by atoms with van der Waals surface area (Å²) >= 11 is 0. The number of aliphatic hydroxyl groups is 1. The third-order valence-corrected chi connectivity index (χ3v) is 5.79. The minimum Gasteiger partial charge on any atom is -0.508 e. The maximum atomic E-state index is 10.2. The lowest BCUT2D eigenvalue weighted by Crippen LogP contribution is -2.53. The van der Waals surface area contributed by atoms with Gasteiger partial charge in [-0.15, -0.1) is 0 Å². The highest BCUT2D eigenvalue weighted by molar-refractivity contribution is 5.37. The summed E-state index contributed by atoms with van der Waals surface area (Å²) in [5.41, 5.74) is 1.95. The van der Waals surface area contributed by atoms with Gasteiger partial charge in [-0.3, -0.25) is 0 Å². The Kier molecular flexibility index (Phi) is 3.58. The number of rotatable bonds is 2. The average molecular weight is 288 g/mol. The SMILES string of the molecule is CC1=C[C@H](C)[C@@]2(CO)CO[C@H](c3ccccc3O)[C@H]1[C@H]2C. The van der Waals surface area contributed by atoms with Gasteiger partial charge in [0.25, 0.3) is 0 Å². The summed E-state index contributed by atoms with van der Waals surface area (Å²) in [5.74, 6) is 1.12. The molecule has 1 saturated heterocycles. The molecule has 0 saturated carbocycles. The predicted octanol–water partition coefficient (Wildman–Crippen LogP) is 3.29. The standard InChI is InChI=1S/C18H24O3/c1-11-8-12(2)18(9-19)10-21-17(16(11)13(18)3)14-6-4-5-7-15(14)20/h4-8,12-13,16-17,19-20H,9-10H2,1-3H3/t12-,13+,16+,17+,18+/m0/s1. The van der Waals surface area contributed by atoms with Crippen LogP contribution in [0.2, 0.25) is 0 Å². The van der Waals surface area contributed by atoms with Gasteiger partial charge in [-0.05, 0) is 24.8 Å². The molecular formula is C18H24O3. The Morgan fingerprint density at radius 1 is 1.29 bits per heavy atom. The van der Waals surface area contributed by atoms with E-state index in [-0.39, 0.29) is 29.8 Å². The molecule has 0 unspecified atom stereocenters. The maximum absolute atomic E-state index is 10.2. The van der Waals surface area contributed by atoms with Crippen molar-refractivity contribution in [2.24, 2.45) is 23.2 Å². The van der Waals surface area contributed by atoms with Gasteiger partial charge >= 0.3 is 0 Å². The predicted molar refractivity (Wildman–Crippen MR) is 81.9 cm³/mol. The molecule has 2 N–H and O–H groups in total. The second-order valence-corrected chi connectivity index (χ2v) is 6.70. The van der Waals surface area contributed by atoms with Gasteiger partial charge in [-0.2, -0.15) is 0 Å². The molecule has 3 nitrogen and oxygen atoms in total. The highest BCUT2D eigenvalue weighted by atomic mass is 16.5. The number of phenols is 1. The molecule has 2 bridgehead atoms. The van der Waals surface area contributed by atoms with E-state index >= 15 is 0 Å². The number of phenolic OH excluding ortho intramolecular Hbond substituents is 1. The van der Waals surface area contributed by atoms with Gasteiger partial charge in [0, 0.05) is 16.9 Å². The zero-order chi connectivity index (χ0) is 15.2. The van der Waals surface area contributed by atoms with Gasteiger partial charge in [0.15, 0.2) is 0 Å². The van der Waals surface area contributed by atoms with Crippen LogP contribution < -0.4 is 0 Å². The molecule has 1 aliphatic carbocycles. The van der Waals surface area contributed by atoms with Crippen LogP contribution in [0.4, 0.5) is 0 Å². The summed E-state index contributed by atoms with van der Waals surface area (Å²) in [7, 11) is 0. The zero-order valence-corrected chi connectivity index (χ0v) is 12.9. The molecular weight excluding hydrogens is 264 g/mol. The topological polar surface area (TPSA) is 49.7 Å². The normalized spacial score (nSPS) is 39.0. The lowest BCUT2D eigenvalue weighted by atomic mass is 9.56. The Bertz CT molecular complexity index is 565. The largest absolute Gasteiger partial charge is 0.508 e. The van der Waals surface area contributed by atoms with Gasteiger partial charge in [0.2, 0.25) is 0 Å². The van der Waals surface area contributed by atoms with E-state index < -0.39 is 0 Å². The molecule has 1 heterocycles. The van der Waals surface area contributed by atoms with E-state index in [1.54, 1.807) is 6.07 Å². The van der Waals surface area contributed by atoms with Gasteiger partial charge in [-0.1, -0.05) is 43.7 Å². The van der Waals surface area contributed by atoms with Gasteiger partial charge in [0.1, 0.15) is 5.75 Å². The van der Waals surface area contributed by atoms with Crippen LogP contribution in [0.3, 0.4) is 0 Å². The molecule has 1 aromatic rings. The van der Waals surface area contributed by atoms with Crippen molar-refractivity contribution >= 4 is 0 Å². The fraction of sp³-hybridized carbons (Fsp3) is 0.556. The van der Waals surface area contributed by atoms with Crippen LogP contribution in [0.1, 0.15) is 32.4 Å². The molecule has 0 amide bonds. The number of para-hydroxylation sites is 1. The van der Waals surface area contributed by atoms with E-state index in [1.165, 1.54) is 5.57 Å². The summed E-state index contributed by atoms with van der Waals surface area (Å²) in [4.78, 5) is 0. The fourth-order valence-electron chi connectivity index (χ4n) is 4.30. The Hall–Kier alpha value is -1.32. The first-order valence-corrected chi connectivity index (χ1v) is 7.70. The first kappa shape index (κ1) is 14.6. The molecule has 0 spiro atoms. The van der Waals surface area contributed by atoms with Gasteiger partial charge < -0.3 is 14.9 Å². The van der Waals surface area contributed by atoms with Crippen LogP contribution in [-0.2, 0) is 4.74 Å². The summed E-state index contributed by atoms with van der Waals surface area (Å²) in [6, 6.07) is 7.40. The van der Waals surface area contributed by atoms with E-state index in [0.717, 1.165) is 5.56 Å². The van der Waals surface area contributed by atoms with E-state index in [9.17, 15) is 10.2 Å². The van der Waals surface area contributed by atoms with Crippen LogP contribution in [0.15, 0.2) is 35.9 Å². The Morgan fingerprint density at radius 3 is 2.67 bits per heavy atom. The smallest absolute Gasteiger partial charge is 0.121 e. The molecule has 0 aromatic heterocycles. The Labute approximate surface area is 126 Å². The van der Waals surface area contributed by atoms with Gasteiger partial charge in [-0.25, -0.2) is 0 Å². The zero-order valence-electron chi connectivity index (χ0n) is 12.9. The summed E-state index contributed by atoms with van der Waals surface area (Å²) < 4.78 is 6.16. The second-order valence-electron chi connectivity index (χ2n) is 6.70. The number of fused-ring (bicyclic) bond motifs is 2. The van der Waals surface area contributed by atoms with Crippen molar-refractivity contribution in [1.29, 1.82) is 0 Å². The number of hydrogen-bond donors (Lipinski definition) is 2. The van der Waals surface area contributed by atoms with Crippen LogP contribution in [-0.4, -0.2) is 23.4 Å². The van der Waals surface area contributed by atoms with Crippen molar-refractivity contribution < 1.29 is 14.9 Å². The molecule has 5 atom stereocenters. The van der Waals surface area contributed by atoms with Crippen molar-refractivity contribution in [3.05, 3.63) is 41.5 Å². The number of benzene rings is 1. The van der Waals surface area contributed by atoms with Crippen LogP contribution >= 0.6 is 0 Å². The fourth-order valence-corrected chi connectivity index (χ4v) is 4.30. The summed E-state index contributed by atoms with van der Waals surface area (Å²) in [5, 5.41) is 20.1. The summed E-state index contributed by atoms with van der Waals surface area (Å²) in [6.07, 6.45) is 2.14. The monoisotopic (exact) mass is 288 g/mol. The second kappa shape index (κ2) is 5.15. The van der Waals surface area contributed by atoms with Crippen molar-refractivity contribution in [2.75, 3.05) is 13.2 Å². The van der Waals surface area contributed by atoms with Crippen LogP contribution in [0, 0.1) is 23.2 Å². The van der Waals surface area contributed by atoms with Crippen LogP contribution in [0.25, 0.3) is 0 Å². The quantitative estimate of drug-likeness (QED) is 0.821. The number of hydrogen-bond acceptors (Lipinski definition) is 3. The molecule has 1 aromatic carbocycles. The minimum absolute atomic E-state index is 0.135. The third kappa shape index (κ3) is 2.02. The molecule has 2 aliphatic rings. The molecule has 114 valence electrons. The Morgan fingerprint density at radius 2 is 2.00 bits per heavy atom. The minimum atomic E-state index is -0.203. The maximum Gasteiger partial charge on any atom is 0.121 e. The molecule has 3 heteroatoms. The van der Waals surface area contributed by atoms with Crippen molar-refractivity contribution in [1.82, 2.24) is 0 Å². The van der Waals surface area contributed by atoms with E-state index in [4.69, 9.17) is 4.74 Å².